The molecule has 2 rings (SSSR count). The molecule has 21 heavy (non-hydrogen) atoms. The fourth-order valence-corrected chi connectivity index (χ4v) is 1.79. The van der Waals surface area contributed by atoms with Crippen LogP contribution in [0, 0.1) is 0 Å². The van der Waals surface area contributed by atoms with E-state index in [4.69, 9.17) is 0 Å². The van der Waals surface area contributed by atoms with Gasteiger partial charge in [0.2, 0.25) is 0 Å². The number of rotatable bonds is 5. The average Bonchev–Trinajstić information content (AvgIpc) is 2.47. The molecular formula is C19H28N2. The monoisotopic (exact) mass is 284 g/mol. The van der Waals surface area contributed by atoms with E-state index in [2.05, 4.69) is 74.7 Å². The van der Waals surface area contributed by atoms with Gasteiger partial charge in [0.25, 0.3) is 0 Å². The van der Waals surface area contributed by atoms with E-state index in [0.717, 1.165) is 6.54 Å². The third-order valence-corrected chi connectivity index (χ3v) is 2.79. The van der Waals surface area contributed by atoms with Crippen molar-refractivity contribution in [3.8, 4) is 0 Å². The van der Waals surface area contributed by atoms with Gasteiger partial charge in [-0.3, -0.25) is 0 Å². The highest BCUT2D eigenvalue weighted by molar-refractivity contribution is 5.42. The second-order valence-corrected chi connectivity index (χ2v) is 5.69. The molecule has 0 heterocycles. The predicted octanol–water partition coefficient (Wildman–Crippen LogP) is 4.69. The molecule has 0 unspecified atom stereocenters. The fourth-order valence-electron chi connectivity index (χ4n) is 1.79. The van der Waals surface area contributed by atoms with E-state index in [1.165, 1.54) is 11.3 Å². The molecule has 2 nitrogen and oxygen atoms in total. The second-order valence-electron chi connectivity index (χ2n) is 5.69. The van der Waals surface area contributed by atoms with Crippen LogP contribution >= 0.6 is 0 Å². The van der Waals surface area contributed by atoms with Gasteiger partial charge in [0.1, 0.15) is 0 Å². The van der Waals surface area contributed by atoms with Crippen molar-refractivity contribution in [2.75, 3.05) is 5.32 Å². The zero-order chi connectivity index (χ0) is 15.5. The maximum absolute atomic E-state index is 3.36. The Morgan fingerprint density at radius 3 is 1.71 bits per heavy atom. The minimum Gasteiger partial charge on any atom is -0.383 e. The SMILES string of the molecule is CC(C)NCc1ccccc1.CC(C)Nc1ccccc1. The minimum atomic E-state index is 0.516. The molecule has 2 heteroatoms. The molecule has 0 amide bonds. The molecule has 0 aliphatic rings. The van der Waals surface area contributed by atoms with E-state index in [1.54, 1.807) is 0 Å². The molecule has 0 fully saturated rings. The van der Waals surface area contributed by atoms with Crippen LogP contribution in [0.4, 0.5) is 5.69 Å². The summed E-state index contributed by atoms with van der Waals surface area (Å²) in [5.74, 6) is 0. The van der Waals surface area contributed by atoms with E-state index >= 15 is 0 Å². The smallest absolute Gasteiger partial charge is 0.0342 e. The van der Waals surface area contributed by atoms with Gasteiger partial charge in [-0.15, -0.1) is 0 Å². The Bertz CT molecular complexity index is 463. The predicted molar refractivity (Wildman–Crippen MR) is 93.6 cm³/mol. The average molecular weight is 284 g/mol. The van der Waals surface area contributed by atoms with Crippen LogP contribution in [0.25, 0.3) is 0 Å². The number of anilines is 1. The van der Waals surface area contributed by atoms with E-state index in [1.807, 2.05) is 24.3 Å². The van der Waals surface area contributed by atoms with Crippen LogP contribution < -0.4 is 10.6 Å². The molecule has 114 valence electrons. The zero-order valence-electron chi connectivity index (χ0n) is 13.6. The molecule has 0 bridgehead atoms. The van der Waals surface area contributed by atoms with Gasteiger partial charge in [-0.1, -0.05) is 62.4 Å². The lowest BCUT2D eigenvalue weighted by molar-refractivity contribution is 0.589. The van der Waals surface area contributed by atoms with Crippen LogP contribution in [0.3, 0.4) is 0 Å². The van der Waals surface area contributed by atoms with E-state index < -0.39 is 0 Å². The first-order chi connectivity index (χ1) is 10.1. The van der Waals surface area contributed by atoms with Crippen molar-refractivity contribution >= 4 is 5.69 Å². The van der Waals surface area contributed by atoms with Crippen molar-refractivity contribution in [3.63, 3.8) is 0 Å². The normalized spacial score (nSPS) is 10.2. The summed E-state index contributed by atoms with van der Waals surface area (Å²) in [7, 11) is 0. The maximum atomic E-state index is 3.36. The highest BCUT2D eigenvalue weighted by Crippen LogP contribution is 2.05. The Kier molecular flexibility index (Phi) is 8.22. The van der Waals surface area contributed by atoms with Crippen LogP contribution in [0.15, 0.2) is 60.7 Å². The van der Waals surface area contributed by atoms with E-state index in [0.29, 0.717) is 12.1 Å². The number of hydrogen-bond donors (Lipinski definition) is 2. The fraction of sp³-hybridized carbons (Fsp3) is 0.368. The Hall–Kier alpha value is -1.80. The summed E-state index contributed by atoms with van der Waals surface area (Å²) in [5.41, 5.74) is 2.54. The first kappa shape index (κ1) is 17.3. The largest absolute Gasteiger partial charge is 0.383 e. The molecule has 0 saturated carbocycles. The molecule has 2 N–H and O–H groups in total. The zero-order valence-corrected chi connectivity index (χ0v) is 13.6. The Labute approximate surface area is 129 Å². The summed E-state index contributed by atoms with van der Waals surface area (Å²) in [6.45, 7) is 9.55. The number of hydrogen-bond acceptors (Lipinski definition) is 2. The van der Waals surface area contributed by atoms with Gasteiger partial charge in [-0.05, 0) is 31.5 Å². The van der Waals surface area contributed by atoms with Crippen molar-refractivity contribution < 1.29 is 0 Å². The molecule has 0 aliphatic heterocycles. The maximum Gasteiger partial charge on any atom is 0.0342 e. The van der Waals surface area contributed by atoms with Crippen molar-refractivity contribution in [2.24, 2.45) is 0 Å². The van der Waals surface area contributed by atoms with E-state index in [9.17, 15) is 0 Å². The van der Waals surface area contributed by atoms with E-state index in [-0.39, 0.29) is 0 Å². The van der Waals surface area contributed by atoms with Gasteiger partial charge in [-0.2, -0.15) is 0 Å². The topological polar surface area (TPSA) is 24.1 Å². The third-order valence-electron chi connectivity index (χ3n) is 2.79. The highest BCUT2D eigenvalue weighted by atomic mass is 14.9. The number of nitrogens with one attached hydrogen (secondary N) is 2. The second kappa shape index (κ2) is 10.0. The molecule has 2 aromatic rings. The van der Waals surface area contributed by atoms with Crippen molar-refractivity contribution in [3.05, 3.63) is 66.2 Å². The van der Waals surface area contributed by atoms with Crippen LogP contribution in [0.1, 0.15) is 33.3 Å². The molecular weight excluding hydrogens is 256 g/mol. The third kappa shape index (κ3) is 8.87. The van der Waals surface area contributed by atoms with Crippen LogP contribution in [-0.2, 0) is 6.54 Å². The molecule has 0 atom stereocenters. The summed E-state index contributed by atoms with van der Waals surface area (Å²) in [5, 5.41) is 6.67. The lowest BCUT2D eigenvalue weighted by Crippen LogP contribution is -2.21. The first-order valence-electron chi connectivity index (χ1n) is 7.67. The van der Waals surface area contributed by atoms with Crippen molar-refractivity contribution in [1.82, 2.24) is 5.32 Å². The molecule has 0 saturated heterocycles. The summed E-state index contributed by atoms with van der Waals surface area (Å²) in [6, 6.07) is 21.7. The first-order valence-corrected chi connectivity index (χ1v) is 7.67. The summed E-state index contributed by atoms with van der Waals surface area (Å²) in [4.78, 5) is 0. The molecule has 0 radical (unpaired) electrons. The Balaban J connectivity index is 0.000000211. The quantitative estimate of drug-likeness (QED) is 0.832. The van der Waals surface area contributed by atoms with Crippen LogP contribution in [-0.4, -0.2) is 12.1 Å². The molecule has 0 spiro atoms. The van der Waals surface area contributed by atoms with Crippen LogP contribution in [0.5, 0.6) is 0 Å². The summed E-state index contributed by atoms with van der Waals surface area (Å²) in [6.07, 6.45) is 0. The standard InChI is InChI=1S/C10H15N.C9H13N/c1-9(2)11-8-10-6-4-3-5-7-10;1-8(2)10-9-6-4-3-5-7-9/h3-7,9,11H,8H2,1-2H3;3-8,10H,1-2H3. The van der Waals surface area contributed by atoms with Gasteiger partial charge in [-0.25, -0.2) is 0 Å². The summed E-state index contributed by atoms with van der Waals surface area (Å²) < 4.78 is 0. The molecule has 0 aliphatic carbocycles. The number of benzene rings is 2. The van der Waals surface area contributed by atoms with Gasteiger partial charge in [0, 0.05) is 24.3 Å². The summed E-state index contributed by atoms with van der Waals surface area (Å²) >= 11 is 0. The minimum absolute atomic E-state index is 0.516. The molecule has 0 aromatic heterocycles. The lowest BCUT2D eigenvalue weighted by Gasteiger charge is -2.08. The van der Waals surface area contributed by atoms with Crippen LogP contribution in [0.2, 0.25) is 0 Å². The van der Waals surface area contributed by atoms with Crippen molar-refractivity contribution in [2.45, 2.75) is 46.3 Å². The highest BCUT2D eigenvalue weighted by Gasteiger charge is 1.92. The van der Waals surface area contributed by atoms with Gasteiger partial charge >= 0.3 is 0 Å². The number of para-hydroxylation sites is 1. The van der Waals surface area contributed by atoms with Gasteiger partial charge < -0.3 is 10.6 Å². The lowest BCUT2D eigenvalue weighted by atomic mass is 10.2. The van der Waals surface area contributed by atoms with Crippen molar-refractivity contribution in [1.29, 1.82) is 0 Å². The van der Waals surface area contributed by atoms with Gasteiger partial charge in [0.15, 0.2) is 0 Å². The van der Waals surface area contributed by atoms with Gasteiger partial charge in [0.05, 0.1) is 0 Å². The Morgan fingerprint density at radius 2 is 1.24 bits per heavy atom. The Morgan fingerprint density at radius 1 is 0.714 bits per heavy atom. The molecule has 2 aromatic carbocycles.